The smallest absolute Gasteiger partial charge is 0.358 e. The maximum Gasteiger partial charge on any atom is 0.358 e. The molecule has 0 aliphatic rings. The van der Waals surface area contributed by atoms with Gasteiger partial charge in [0, 0.05) is 16.3 Å². The number of carboxylic acids is 1. The number of amides is 2. The monoisotopic (exact) mass is 309 g/mol. The van der Waals surface area contributed by atoms with E-state index < -0.39 is 5.97 Å². The highest BCUT2D eigenvalue weighted by atomic mass is 32.1. The lowest BCUT2D eigenvalue weighted by Crippen LogP contribution is -2.36. The van der Waals surface area contributed by atoms with Crippen molar-refractivity contribution in [2.75, 3.05) is 6.54 Å². The summed E-state index contributed by atoms with van der Waals surface area (Å²) in [6, 6.07) is 3.70. The molecule has 0 atom stereocenters. The molecule has 2 amide bonds. The number of hydrogen-bond acceptors (Lipinski definition) is 5. The van der Waals surface area contributed by atoms with Crippen molar-refractivity contribution in [2.24, 2.45) is 0 Å². The Labute approximate surface area is 124 Å². The van der Waals surface area contributed by atoms with Crippen molar-refractivity contribution in [2.45, 2.75) is 20.0 Å². The minimum Gasteiger partial charge on any atom is -0.476 e. The molecule has 21 heavy (non-hydrogen) atoms. The topological polar surface area (TPSA) is 109 Å². The molecule has 2 rings (SSSR count). The molecule has 2 heterocycles. The van der Waals surface area contributed by atoms with Gasteiger partial charge in [-0.15, -0.1) is 16.4 Å². The zero-order valence-electron chi connectivity index (χ0n) is 11.4. The van der Waals surface area contributed by atoms with Crippen LogP contribution in [0.25, 0.3) is 0 Å². The molecule has 8 nitrogen and oxygen atoms in total. The second-order valence-electron chi connectivity index (χ2n) is 4.29. The summed E-state index contributed by atoms with van der Waals surface area (Å²) in [4.78, 5) is 24.5. The van der Waals surface area contributed by atoms with Gasteiger partial charge < -0.3 is 15.7 Å². The van der Waals surface area contributed by atoms with E-state index in [1.807, 2.05) is 19.1 Å². The van der Waals surface area contributed by atoms with Crippen molar-refractivity contribution in [1.29, 1.82) is 0 Å². The van der Waals surface area contributed by atoms with Crippen LogP contribution < -0.4 is 10.6 Å². The Morgan fingerprint density at radius 3 is 2.81 bits per heavy atom. The molecule has 0 aliphatic heterocycles. The number of thiophene rings is 1. The van der Waals surface area contributed by atoms with Crippen molar-refractivity contribution in [1.82, 2.24) is 25.6 Å². The van der Waals surface area contributed by atoms with Crippen LogP contribution in [-0.4, -0.2) is 38.6 Å². The molecule has 2 aromatic heterocycles. The lowest BCUT2D eigenvalue weighted by atomic mass is 10.4. The number of aromatic nitrogens is 3. The second kappa shape index (κ2) is 6.84. The predicted octanol–water partition coefficient (Wildman–Crippen LogP) is 0.846. The third-order valence-electron chi connectivity index (χ3n) is 2.60. The molecule has 0 saturated heterocycles. The zero-order valence-corrected chi connectivity index (χ0v) is 12.2. The summed E-state index contributed by atoms with van der Waals surface area (Å²) >= 11 is 1.64. The Morgan fingerprint density at radius 1 is 1.38 bits per heavy atom. The van der Waals surface area contributed by atoms with Crippen molar-refractivity contribution in [3.8, 4) is 0 Å². The van der Waals surface area contributed by atoms with Crippen LogP contribution in [-0.2, 0) is 13.1 Å². The van der Waals surface area contributed by atoms with Gasteiger partial charge in [0.2, 0.25) is 0 Å². The zero-order chi connectivity index (χ0) is 15.2. The van der Waals surface area contributed by atoms with E-state index in [9.17, 15) is 9.59 Å². The van der Waals surface area contributed by atoms with E-state index in [0.717, 1.165) is 4.88 Å². The van der Waals surface area contributed by atoms with Crippen LogP contribution >= 0.6 is 11.3 Å². The van der Waals surface area contributed by atoms with Crippen LogP contribution in [0.15, 0.2) is 18.3 Å². The number of aryl methyl sites for hydroxylation is 1. The van der Waals surface area contributed by atoms with E-state index in [2.05, 4.69) is 20.9 Å². The molecule has 112 valence electrons. The van der Waals surface area contributed by atoms with Crippen molar-refractivity contribution >= 4 is 23.3 Å². The van der Waals surface area contributed by atoms with Gasteiger partial charge in [0.25, 0.3) is 0 Å². The quantitative estimate of drug-likeness (QED) is 0.733. The van der Waals surface area contributed by atoms with E-state index in [0.29, 0.717) is 19.6 Å². The minimum atomic E-state index is -1.13. The Morgan fingerprint density at radius 2 is 2.19 bits per heavy atom. The van der Waals surface area contributed by atoms with Gasteiger partial charge in [-0.3, -0.25) is 0 Å². The van der Waals surface area contributed by atoms with Gasteiger partial charge in [0.05, 0.1) is 19.3 Å². The van der Waals surface area contributed by atoms with E-state index >= 15 is 0 Å². The van der Waals surface area contributed by atoms with Gasteiger partial charge >= 0.3 is 12.0 Å². The maximum atomic E-state index is 11.6. The average Bonchev–Trinajstić information content (AvgIpc) is 3.05. The molecular weight excluding hydrogens is 294 g/mol. The first-order valence-electron chi connectivity index (χ1n) is 6.25. The fourth-order valence-corrected chi connectivity index (χ4v) is 2.43. The van der Waals surface area contributed by atoms with Crippen LogP contribution in [0.4, 0.5) is 4.79 Å². The Balaban J connectivity index is 1.67. The summed E-state index contributed by atoms with van der Waals surface area (Å²) < 4.78 is 1.37. The molecule has 0 fully saturated rings. The summed E-state index contributed by atoms with van der Waals surface area (Å²) in [5.41, 5.74) is -0.118. The van der Waals surface area contributed by atoms with E-state index in [-0.39, 0.29) is 11.7 Å². The molecule has 0 bridgehead atoms. The Hall–Kier alpha value is -2.42. The number of hydrogen-bond donors (Lipinski definition) is 3. The molecule has 0 radical (unpaired) electrons. The van der Waals surface area contributed by atoms with Crippen molar-refractivity contribution in [3.63, 3.8) is 0 Å². The van der Waals surface area contributed by atoms with Crippen LogP contribution in [0, 0.1) is 6.92 Å². The number of carbonyl (C=O) groups is 2. The fourth-order valence-electron chi connectivity index (χ4n) is 1.60. The van der Waals surface area contributed by atoms with E-state index in [1.54, 1.807) is 11.3 Å². The number of aromatic carboxylic acids is 1. The summed E-state index contributed by atoms with van der Waals surface area (Å²) in [5, 5.41) is 21.2. The van der Waals surface area contributed by atoms with Crippen LogP contribution in [0.2, 0.25) is 0 Å². The van der Waals surface area contributed by atoms with Crippen molar-refractivity contribution < 1.29 is 14.7 Å². The van der Waals surface area contributed by atoms with Gasteiger partial charge in [0.15, 0.2) is 5.69 Å². The Bertz CT molecular complexity index is 636. The predicted molar refractivity (Wildman–Crippen MR) is 76.3 cm³/mol. The first-order valence-corrected chi connectivity index (χ1v) is 7.06. The molecule has 0 aliphatic carbocycles. The van der Waals surface area contributed by atoms with Gasteiger partial charge in [-0.25, -0.2) is 14.3 Å². The maximum absolute atomic E-state index is 11.6. The number of nitrogens with one attached hydrogen (secondary N) is 2. The standard InChI is InChI=1S/C12H15N5O3S/c1-8-2-3-9(21-8)6-14-12(20)13-4-5-17-7-10(11(18)19)15-16-17/h2-3,7H,4-6H2,1H3,(H,18,19)(H2,13,14,20). The molecule has 0 aromatic carbocycles. The van der Waals surface area contributed by atoms with Gasteiger partial charge in [-0.05, 0) is 19.1 Å². The minimum absolute atomic E-state index is 0.118. The molecule has 3 N–H and O–H groups in total. The van der Waals surface area contributed by atoms with Gasteiger partial charge in [-0.2, -0.15) is 0 Å². The summed E-state index contributed by atoms with van der Waals surface area (Å²) in [5.74, 6) is -1.13. The summed E-state index contributed by atoms with van der Waals surface area (Å²) in [7, 11) is 0. The molecule has 2 aromatic rings. The third kappa shape index (κ3) is 4.56. The molecule has 0 unspecified atom stereocenters. The molecular formula is C12H15N5O3S. The molecule has 9 heteroatoms. The summed E-state index contributed by atoms with van der Waals surface area (Å²) in [6.07, 6.45) is 1.32. The average molecular weight is 309 g/mol. The van der Waals surface area contributed by atoms with Gasteiger partial charge in [0.1, 0.15) is 0 Å². The third-order valence-corrected chi connectivity index (χ3v) is 3.60. The van der Waals surface area contributed by atoms with E-state index in [4.69, 9.17) is 5.11 Å². The highest BCUT2D eigenvalue weighted by Gasteiger charge is 2.08. The lowest BCUT2D eigenvalue weighted by molar-refractivity contribution is 0.0690. The fraction of sp³-hybridized carbons (Fsp3) is 0.333. The highest BCUT2D eigenvalue weighted by molar-refractivity contribution is 7.11. The van der Waals surface area contributed by atoms with Crippen molar-refractivity contribution in [3.05, 3.63) is 33.8 Å². The lowest BCUT2D eigenvalue weighted by Gasteiger charge is -2.06. The first-order chi connectivity index (χ1) is 10.0. The van der Waals surface area contributed by atoms with Crippen LogP contribution in [0.1, 0.15) is 20.2 Å². The Kier molecular flexibility index (Phi) is 4.88. The molecule has 0 spiro atoms. The summed E-state index contributed by atoms with van der Waals surface area (Å²) in [6.45, 7) is 3.18. The normalized spacial score (nSPS) is 10.3. The first kappa shape index (κ1) is 15.0. The largest absolute Gasteiger partial charge is 0.476 e. The number of carboxylic acid groups (broad SMARTS) is 1. The number of carbonyl (C=O) groups excluding carboxylic acids is 1. The van der Waals surface area contributed by atoms with Gasteiger partial charge in [-0.1, -0.05) is 5.21 Å². The van der Waals surface area contributed by atoms with Crippen LogP contribution in [0.3, 0.4) is 0 Å². The number of nitrogens with zero attached hydrogens (tertiary/aromatic N) is 3. The number of rotatable bonds is 6. The highest BCUT2D eigenvalue weighted by Crippen LogP contribution is 2.14. The SMILES string of the molecule is Cc1ccc(CNC(=O)NCCn2cc(C(=O)O)nn2)s1. The number of urea groups is 1. The van der Waals surface area contributed by atoms with Crippen LogP contribution in [0.5, 0.6) is 0 Å². The molecule has 0 saturated carbocycles. The van der Waals surface area contributed by atoms with E-state index in [1.165, 1.54) is 15.8 Å². The second-order valence-corrected chi connectivity index (χ2v) is 5.67.